The van der Waals surface area contributed by atoms with Gasteiger partial charge in [0.1, 0.15) is 11.5 Å². The average Bonchev–Trinajstić information content (AvgIpc) is 3.62. The van der Waals surface area contributed by atoms with Gasteiger partial charge in [-0.15, -0.1) is 0 Å². The number of carboxylic acids is 1. The molecule has 3 aliphatic carbocycles. The van der Waals surface area contributed by atoms with Crippen LogP contribution in [0.15, 0.2) is 66.1 Å². The first-order valence-electron chi connectivity index (χ1n) is 14.7. The molecule has 2 N–H and O–H groups in total. The molecule has 3 saturated carbocycles. The van der Waals surface area contributed by atoms with Gasteiger partial charge in [0.15, 0.2) is 23.1 Å². The third kappa shape index (κ3) is 4.95. The molecular weight excluding hydrogens is 602 g/mol. The molecule has 2 bridgehead atoms. The van der Waals surface area contributed by atoms with Crippen LogP contribution < -0.4 is 5.32 Å². The molecule has 1 aromatic carbocycles. The second kappa shape index (κ2) is 10.8. The molecule has 0 aliphatic heterocycles. The Morgan fingerprint density at radius 1 is 1.02 bits per heavy atom. The molecule has 0 saturated heterocycles. The Hall–Kier alpha value is -4.65. The summed E-state index contributed by atoms with van der Waals surface area (Å²) in [7, 11) is -2.41. The maximum absolute atomic E-state index is 16.3. The Balaban J connectivity index is 1.42. The predicted molar refractivity (Wildman–Crippen MR) is 163 cm³/mol. The first kappa shape index (κ1) is 29.1. The van der Waals surface area contributed by atoms with Crippen molar-refractivity contribution >= 4 is 32.8 Å². The number of carbonyl (C=O) groups is 1. The van der Waals surface area contributed by atoms with E-state index in [1.54, 1.807) is 42.2 Å². The lowest BCUT2D eigenvalue weighted by molar-refractivity contribution is -0.148. The maximum atomic E-state index is 16.3. The number of aromatic nitrogens is 5. The van der Waals surface area contributed by atoms with Crippen LogP contribution in [-0.2, 0) is 21.9 Å². The van der Waals surface area contributed by atoms with Crippen molar-refractivity contribution in [3.8, 4) is 22.6 Å². The number of rotatable bonds is 7. The van der Waals surface area contributed by atoms with Gasteiger partial charge in [0.2, 0.25) is 0 Å². The Bertz CT molecular complexity index is 2070. The number of nitrogens with zero attached hydrogens (tertiary/aromatic N) is 5. The molecule has 5 aromatic rings. The summed E-state index contributed by atoms with van der Waals surface area (Å²) in [5.74, 6) is -3.40. The highest BCUT2D eigenvalue weighted by molar-refractivity contribution is 7.90. The number of halogens is 2. The normalized spacial score (nSPS) is 21.3. The molecule has 13 heteroatoms. The van der Waals surface area contributed by atoms with Crippen LogP contribution in [0.4, 0.5) is 14.6 Å². The fourth-order valence-electron chi connectivity index (χ4n) is 6.91. The Morgan fingerprint density at radius 3 is 2.40 bits per heavy atom. The monoisotopic (exact) mass is 632 g/mol. The quantitative estimate of drug-likeness (QED) is 0.236. The molecule has 4 heterocycles. The van der Waals surface area contributed by atoms with Gasteiger partial charge in [-0.1, -0.05) is 17.7 Å². The average molecular weight is 633 g/mol. The number of fused-ring (bicyclic) bond motifs is 4. The number of pyridine rings is 1. The van der Waals surface area contributed by atoms with Gasteiger partial charge in [0.05, 0.1) is 17.0 Å². The summed E-state index contributed by atoms with van der Waals surface area (Å²) in [6.45, 7) is 1.84. The zero-order chi connectivity index (χ0) is 31.6. The van der Waals surface area contributed by atoms with Crippen LogP contribution in [0.2, 0.25) is 0 Å². The lowest BCUT2D eigenvalue weighted by Crippen LogP contribution is -2.51. The van der Waals surface area contributed by atoms with Crippen molar-refractivity contribution in [1.29, 1.82) is 0 Å². The van der Waals surface area contributed by atoms with Crippen molar-refractivity contribution in [3.05, 3.63) is 78.4 Å². The van der Waals surface area contributed by atoms with Gasteiger partial charge in [-0.25, -0.2) is 36.1 Å². The summed E-state index contributed by atoms with van der Waals surface area (Å²) in [6, 6.07) is 8.54. The van der Waals surface area contributed by atoms with Crippen molar-refractivity contribution in [2.24, 2.45) is 24.8 Å². The molecule has 10 nitrogen and oxygen atoms in total. The molecule has 0 spiro atoms. The summed E-state index contributed by atoms with van der Waals surface area (Å²) in [6.07, 6.45) is 8.85. The summed E-state index contributed by atoms with van der Waals surface area (Å²) in [4.78, 5) is 25.5. The maximum Gasteiger partial charge on any atom is 0.308 e. The van der Waals surface area contributed by atoms with Crippen LogP contribution in [0, 0.1) is 36.3 Å². The molecule has 2 unspecified atom stereocenters. The number of benzene rings is 1. The van der Waals surface area contributed by atoms with E-state index in [0.717, 1.165) is 47.5 Å². The number of hydrogen-bond acceptors (Lipinski definition) is 7. The van der Waals surface area contributed by atoms with E-state index in [1.165, 1.54) is 18.3 Å². The number of carboxylic acid groups (broad SMARTS) is 1. The standard InChI is InChI=1S/C32H30F2N6O4S/c1-17-3-9-22(10-4-17)45(43,44)40-16-24(23-13-21(33)14-35-31(23)40)29-37-28(20-11-12-39(2)15-20)26(34)30(38-29)36-27-19-7-5-18(6-8-19)25(27)32(41)42/h3-4,9-16,18-19,25,27H,5-8H2,1-2H3,(H,41,42)(H,36,37,38). The third-order valence-corrected chi connectivity index (χ3v) is 10.8. The predicted octanol–water partition coefficient (Wildman–Crippen LogP) is 5.62. The summed E-state index contributed by atoms with van der Waals surface area (Å²) in [5.41, 5.74) is 1.31. The fourth-order valence-corrected chi connectivity index (χ4v) is 8.23. The van der Waals surface area contributed by atoms with Crippen LogP contribution in [-0.4, -0.2) is 49.0 Å². The lowest BCUT2D eigenvalue weighted by atomic mass is 9.61. The smallest absolute Gasteiger partial charge is 0.308 e. The number of aliphatic carboxylic acids is 1. The van der Waals surface area contributed by atoms with Crippen molar-refractivity contribution in [1.82, 2.24) is 23.5 Å². The van der Waals surface area contributed by atoms with E-state index in [4.69, 9.17) is 0 Å². The van der Waals surface area contributed by atoms with E-state index in [1.807, 2.05) is 6.92 Å². The van der Waals surface area contributed by atoms with Crippen molar-refractivity contribution in [3.63, 3.8) is 0 Å². The van der Waals surface area contributed by atoms with Gasteiger partial charge in [-0.2, -0.15) is 0 Å². The molecule has 0 amide bonds. The highest BCUT2D eigenvalue weighted by atomic mass is 32.2. The highest BCUT2D eigenvalue weighted by Gasteiger charge is 2.47. The summed E-state index contributed by atoms with van der Waals surface area (Å²) in [5, 5.41) is 13.4. The second-order valence-corrected chi connectivity index (χ2v) is 13.8. The molecule has 3 fully saturated rings. The fraction of sp³-hybridized carbons (Fsp3) is 0.312. The first-order chi connectivity index (χ1) is 21.5. The minimum Gasteiger partial charge on any atom is -0.481 e. The number of aryl methyl sites for hydroxylation is 2. The molecule has 8 rings (SSSR count). The van der Waals surface area contributed by atoms with Crippen LogP contribution in [0.25, 0.3) is 33.7 Å². The number of nitrogens with one attached hydrogen (secondary N) is 1. The van der Waals surface area contributed by atoms with Gasteiger partial charge in [-0.05, 0) is 68.7 Å². The first-order valence-corrected chi connectivity index (χ1v) is 16.1. The zero-order valence-corrected chi connectivity index (χ0v) is 25.3. The van der Waals surface area contributed by atoms with E-state index >= 15 is 4.39 Å². The van der Waals surface area contributed by atoms with E-state index in [-0.39, 0.29) is 50.7 Å². The third-order valence-electron chi connectivity index (χ3n) is 9.16. The second-order valence-electron chi connectivity index (χ2n) is 12.0. The van der Waals surface area contributed by atoms with Crippen molar-refractivity contribution in [2.75, 3.05) is 5.32 Å². The van der Waals surface area contributed by atoms with E-state index in [0.29, 0.717) is 5.56 Å². The van der Waals surface area contributed by atoms with Gasteiger partial charge >= 0.3 is 5.97 Å². The van der Waals surface area contributed by atoms with Crippen molar-refractivity contribution in [2.45, 2.75) is 43.5 Å². The largest absolute Gasteiger partial charge is 0.481 e. The minimum atomic E-state index is -4.19. The molecule has 0 radical (unpaired) electrons. The van der Waals surface area contributed by atoms with E-state index in [9.17, 15) is 22.7 Å². The van der Waals surface area contributed by atoms with Crippen LogP contribution in [0.1, 0.15) is 31.2 Å². The molecule has 3 aliphatic rings. The van der Waals surface area contributed by atoms with Gasteiger partial charge in [0, 0.05) is 48.2 Å². The number of hydrogen-bond donors (Lipinski definition) is 2. The Kier molecular flexibility index (Phi) is 6.95. The van der Waals surface area contributed by atoms with Gasteiger partial charge in [-0.3, -0.25) is 4.79 Å². The van der Waals surface area contributed by atoms with Gasteiger partial charge < -0.3 is 15.0 Å². The molecule has 4 aromatic heterocycles. The van der Waals surface area contributed by atoms with E-state index < -0.39 is 39.6 Å². The summed E-state index contributed by atoms with van der Waals surface area (Å²) < 4.78 is 61.2. The minimum absolute atomic E-state index is 0.00194. The summed E-state index contributed by atoms with van der Waals surface area (Å²) >= 11 is 0. The zero-order valence-electron chi connectivity index (χ0n) is 24.5. The number of anilines is 1. The molecule has 2 atom stereocenters. The van der Waals surface area contributed by atoms with Gasteiger partial charge in [0.25, 0.3) is 10.0 Å². The SMILES string of the molecule is Cc1ccc(S(=O)(=O)n2cc(-c3nc(NC4C5CCC(CC5)C4C(=O)O)c(F)c(-c4ccn(C)c4)n3)c3cc(F)cnc32)cc1. The molecular formula is C32H30F2N6O4S. The topological polar surface area (TPSA) is 132 Å². The Labute approximate surface area is 257 Å². The van der Waals surface area contributed by atoms with Crippen LogP contribution >= 0.6 is 0 Å². The van der Waals surface area contributed by atoms with E-state index in [2.05, 4.69) is 20.3 Å². The lowest BCUT2D eigenvalue weighted by Gasteiger charge is -2.47. The van der Waals surface area contributed by atoms with Crippen molar-refractivity contribution < 1.29 is 27.1 Å². The molecule has 45 heavy (non-hydrogen) atoms. The van der Waals surface area contributed by atoms with Crippen LogP contribution in [0.5, 0.6) is 0 Å². The van der Waals surface area contributed by atoms with Crippen LogP contribution in [0.3, 0.4) is 0 Å². The Morgan fingerprint density at radius 2 is 1.73 bits per heavy atom. The highest BCUT2D eigenvalue weighted by Crippen LogP contribution is 2.47. The molecule has 232 valence electrons.